The third-order valence-corrected chi connectivity index (χ3v) is 4.40. The zero-order chi connectivity index (χ0) is 21.2. The molecule has 0 bridgehead atoms. The highest BCUT2D eigenvalue weighted by Gasteiger charge is 2.38. The molecule has 0 fully saturated rings. The van der Waals surface area contributed by atoms with Crippen molar-refractivity contribution < 1.29 is 27.2 Å². The lowest BCUT2D eigenvalue weighted by Gasteiger charge is -2.14. The fourth-order valence-corrected chi connectivity index (χ4v) is 3.11. The van der Waals surface area contributed by atoms with Gasteiger partial charge < -0.3 is 14.0 Å². The van der Waals surface area contributed by atoms with Gasteiger partial charge in [0.2, 0.25) is 5.82 Å². The smallest absolute Gasteiger partial charge is 0.471 e. The summed E-state index contributed by atoms with van der Waals surface area (Å²) in [5.74, 6) is -0.447. The molecule has 5 nitrogen and oxygen atoms in total. The summed E-state index contributed by atoms with van der Waals surface area (Å²) in [5.41, 5.74) is 1.82. The van der Waals surface area contributed by atoms with Crippen LogP contribution in [0.3, 0.4) is 0 Å². The lowest BCUT2D eigenvalue weighted by atomic mass is 10.1. The zero-order valence-corrected chi connectivity index (χ0v) is 16.8. The summed E-state index contributed by atoms with van der Waals surface area (Å²) in [5, 5.41) is 4.30. The van der Waals surface area contributed by atoms with Crippen LogP contribution in [0, 0.1) is 13.8 Å². The Balaban J connectivity index is 1.66. The Bertz CT molecular complexity index is 999. The second-order valence-electron chi connectivity index (χ2n) is 6.13. The first-order valence-corrected chi connectivity index (χ1v) is 9.14. The van der Waals surface area contributed by atoms with Crippen molar-refractivity contribution in [1.29, 1.82) is 0 Å². The van der Waals surface area contributed by atoms with E-state index in [2.05, 4.69) is 14.7 Å². The highest BCUT2D eigenvalue weighted by Crippen LogP contribution is 2.32. The van der Waals surface area contributed by atoms with E-state index in [0.717, 1.165) is 0 Å². The maximum atomic E-state index is 12.6. The molecule has 0 aliphatic rings. The van der Waals surface area contributed by atoms with Crippen molar-refractivity contribution in [3.63, 3.8) is 0 Å². The van der Waals surface area contributed by atoms with Crippen molar-refractivity contribution in [3.05, 3.63) is 57.4 Å². The second kappa shape index (κ2) is 8.51. The van der Waals surface area contributed by atoms with Gasteiger partial charge in [-0.05, 0) is 55.3 Å². The number of aromatic nitrogens is 2. The molecule has 0 amide bonds. The number of benzene rings is 2. The van der Waals surface area contributed by atoms with Crippen molar-refractivity contribution in [2.45, 2.75) is 20.0 Å². The molecule has 0 saturated heterocycles. The largest absolute Gasteiger partial charge is 0.489 e. The number of nitrogens with zero attached hydrogens (tertiary/aromatic N) is 2. The second-order valence-corrected chi connectivity index (χ2v) is 6.98. The highest BCUT2D eigenvalue weighted by atomic mass is 35.5. The summed E-state index contributed by atoms with van der Waals surface area (Å²) < 4.78 is 53.5. The first-order chi connectivity index (χ1) is 13.6. The van der Waals surface area contributed by atoms with Crippen LogP contribution in [0.1, 0.15) is 17.0 Å². The molecule has 0 aliphatic heterocycles. The van der Waals surface area contributed by atoms with Gasteiger partial charge in [-0.25, -0.2) is 0 Å². The predicted octanol–water partition coefficient (Wildman–Crippen LogP) is 6.14. The summed E-state index contributed by atoms with van der Waals surface area (Å²) in [6.45, 7) is 4.02. The van der Waals surface area contributed by atoms with E-state index in [4.69, 9.17) is 32.7 Å². The number of ether oxygens (including phenoxy) is 2. The van der Waals surface area contributed by atoms with Crippen LogP contribution < -0.4 is 9.47 Å². The molecule has 154 valence electrons. The van der Waals surface area contributed by atoms with Crippen LogP contribution in [0.2, 0.25) is 10.0 Å². The molecular formula is C19H15Cl2F3N2O3. The van der Waals surface area contributed by atoms with Crippen LogP contribution in [-0.2, 0) is 6.18 Å². The SMILES string of the molecule is Cc1cc(-c2noc(C(F)(F)F)n2)cc(C)c1OCCOc1ccc(Cl)cc1Cl. The van der Waals surface area contributed by atoms with Crippen molar-refractivity contribution in [2.75, 3.05) is 13.2 Å². The summed E-state index contributed by atoms with van der Waals surface area (Å²) in [6, 6.07) is 8.16. The Morgan fingerprint density at radius 2 is 1.66 bits per heavy atom. The zero-order valence-electron chi connectivity index (χ0n) is 15.3. The van der Waals surface area contributed by atoms with Crippen molar-refractivity contribution in [1.82, 2.24) is 10.1 Å². The number of hydrogen-bond donors (Lipinski definition) is 0. The number of alkyl halides is 3. The number of aryl methyl sites for hydroxylation is 2. The van der Waals surface area contributed by atoms with Gasteiger partial charge in [0, 0.05) is 10.6 Å². The molecule has 1 aromatic heterocycles. The Morgan fingerprint density at radius 3 is 2.24 bits per heavy atom. The number of hydrogen-bond acceptors (Lipinski definition) is 5. The van der Waals surface area contributed by atoms with Crippen molar-refractivity contribution in [2.24, 2.45) is 0 Å². The van der Waals surface area contributed by atoms with Crippen LogP contribution in [-0.4, -0.2) is 23.4 Å². The molecule has 0 N–H and O–H groups in total. The number of rotatable bonds is 6. The van der Waals surface area contributed by atoms with E-state index in [9.17, 15) is 13.2 Å². The highest BCUT2D eigenvalue weighted by molar-refractivity contribution is 6.35. The Morgan fingerprint density at radius 1 is 1.00 bits per heavy atom. The van der Waals surface area contributed by atoms with Gasteiger partial charge in [0.25, 0.3) is 0 Å². The van der Waals surface area contributed by atoms with E-state index in [1.165, 1.54) is 0 Å². The van der Waals surface area contributed by atoms with Gasteiger partial charge in [0.1, 0.15) is 24.7 Å². The molecule has 10 heteroatoms. The maximum absolute atomic E-state index is 12.6. The summed E-state index contributed by atoms with van der Waals surface area (Å²) in [6.07, 6.45) is -4.69. The first kappa shape index (κ1) is 21.3. The van der Waals surface area contributed by atoms with Gasteiger partial charge in [-0.1, -0.05) is 28.4 Å². The van der Waals surface area contributed by atoms with Crippen LogP contribution in [0.4, 0.5) is 13.2 Å². The Labute approximate surface area is 174 Å². The molecule has 0 saturated carbocycles. The van der Waals surface area contributed by atoms with Crippen molar-refractivity contribution >= 4 is 23.2 Å². The van der Waals surface area contributed by atoms with Gasteiger partial charge in [0.05, 0.1) is 5.02 Å². The standard InChI is InChI=1S/C19H15Cl2F3N2O3/c1-10-7-12(17-25-18(29-26-17)19(22,23)24)8-11(2)16(10)28-6-5-27-15-4-3-13(20)9-14(15)21/h3-4,7-9H,5-6H2,1-2H3. The average Bonchev–Trinajstić information content (AvgIpc) is 3.12. The van der Waals surface area contributed by atoms with E-state index in [-0.39, 0.29) is 19.0 Å². The van der Waals surface area contributed by atoms with Gasteiger partial charge >= 0.3 is 12.1 Å². The van der Waals surface area contributed by atoms with E-state index < -0.39 is 12.1 Å². The van der Waals surface area contributed by atoms with Gasteiger partial charge in [-0.2, -0.15) is 18.2 Å². The van der Waals surface area contributed by atoms with Crippen LogP contribution in [0.15, 0.2) is 34.9 Å². The fourth-order valence-electron chi connectivity index (χ4n) is 2.65. The molecule has 0 unspecified atom stereocenters. The summed E-state index contributed by atoms with van der Waals surface area (Å²) >= 11 is 11.9. The minimum absolute atomic E-state index is 0.143. The molecule has 3 aromatic rings. The molecule has 3 rings (SSSR count). The third kappa shape index (κ3) is 5.13. The molecule has 0 aliphatic carbocycles. The quantitative estimate of drug-likeness (QED) is 0.425. The Kier molecular flexibility index (Phi) is 6.24. The monoisotopic (exact) mass is 446 g/mol. The van der Waals surface area contributed by atoms with Crippen LogP contribution >= 0.6 is 23.2 Å². The molecule has 0 radical (unpaired) electrons. The topological polar surface area (TPSA) is 57.4 Å². The predicted molar refractivity (Wildman–Crippen MR) is 102 cm³/mol. The van der Waals surface area contributed by atoms with Gasteiger partial charge in [-0.15, -0.1) is 0 Å². The lowest BCUT2D eigenvalue weighted by Crippen LogP contribution is -2.10. The van der Waals surface area contributed by atoms with E-state index in [0.29, 0.717) is 38.2 Å². The van der Waals surface area contributed by atoms with Crippen LogP contribution in [0.25, 0.3) is 11.4 Å². The van der Waals surface area contributed by atoms with E-state index >= 15 is 0 Å². The third-order valence-electron chi connectivity index (χ3n) is 3.87. The van der Waals surface area contributed by atoms with Crippen molar-refractivity contribution in [3.8, 4) is 22.9 Å². The molecule has 1 heterocycles. The van der Waals surface area contributed by atoms with Crippen LogP contribution in [0.5, 0.6) is 11.5 Å². The number of halogens is 5. The summed E-state index contributed by atoms with van der Waals surface area (Å²) in [7, 11) is 0. The fraction of sp³-hybridized carbons (Fsp3) is 0.263. The minimum atomic E-state index is -4.69. The van der Waals surface area contributed by atoms with E-state index in [1.807, 2.05) is 0 Å². The molecule has 2 aromatic carbocycles. The summed E-state index contributed by atoms with van der Waals surface area (Å²) in [4.78, 5) is 3.40. The molecule has 29 heavy (non-hydrogen) atoms. The normalized spacial score (nSPS) is 11.6. The Hall–Kier alpha value is -2.45. The van der Waals surface area contributed by atoms with E-state index in [1.54, 1.807) is 44.2 Å². The maximum Gasteiger partial charge on any atom is 0.471 e. The lowest BCUT2D eigenvalue weighted by molar-refractivity contribution is -0.159. The molecular weight excluding hydrogens is 432 g/mol. The molecule has 0 atom stereocenters. The minimum Gasteiger partial charge on any atom is -0.489 e. The first-order valence-electron chi connectivity index (χ1n) is 8.38. The molecule has 0 spiro atoms. The average molecular weight is 447 g/mol. The van der Waals surface area contributed by atoms with Gasteiger partial charge in [-0.3, -0.25) is 0 Å². The van der Waals surface area contributed by atoms with Gasteiger partial charge in [0.15, 0.2) is 0 Å².